The van der Waals surface area contributed by atoms with Crippen LogP contribution in [-0.2, 0) is 0 Å². The molecule has 0 radical (unpaired) electrons. The lowest BCUT2D eigenvalue weighted by molar-refractivity contribution is 0.102. The quantitative estimate of drug-likeness (QED) is 0.927. The molecule has 0 unspecified atom stereocenters. The molecule has 0 aliphatic carbocycles. The first-order valence-corrected chi connectivity index (χ1v) is 5.91. The van der Waals surface area contributed by atoms with Crippen LogP contribution in [0.4, 0.5) is 5.82 Å². The molecule has 1 aromatic heterocycles. The second kappa shape index (κ2) is 5.43. The summed E-state index contributed by atoms with van der Waals surface area (Å²) >= 11 is 3.27. The molecule has 1 heterocycles. The molecule has 2 rings (SSSR count). The van der Waals surface area contributed by atoms with Crippen molar-refractivity contribution >= 4 is 27.7 Å². The van der Waals surface area contributed by atoms with E-state index in [1.165, 1.54) is 0 Å². The van der Waals surface area contributed by atoms with E-state index in [4.69, 9.17) is 5.26 Å². The Kier molecular flexibility index (Phi) is 3.70. The van der Waals surface area contributed by atoms with Crippen molar-refractivity contribution < 1.29 is 4.79 Å². The van der Waals surface area contributed by atoms with Crippen molar-refractivity contribution in [1.29, 1.82) is 5.26 Å². The fourth-order valence-corrected chi connectivity index (χ4v) is 1.57. The zero-order valence-electron chi connectivity index (χ0n) is 9.22. The summed E-state index contributed by atoms with van der Waals surface area (Å²) in [6.45, 7) is 0. The normalized spacial score (nSPS) is 9.56. The number of hydrogen-bond acceptors (Lipinski definition) is 3. The van der Waals surface area contributed by atoms with E-state index < -0.39 is 0 Å². The number of hydrogen-bond donors (Lipinski definition) is 1. The first-order valence-electron chi connectivity index (χ1n) is 5.12. The summed E-state index contributed by atoms with van der Waals surface area (Å²) in [6, 6.07) is 11.9. The van der Waals surface area contributed by atoms with Crippen LogP contribution >= 0.6 is 15.9 Å². The van der Waals surface area contributed by atoms with Crippen molar-refractivity contribution in [3.8, 4) is 6.07 Å². The molecular weight excluding hydrogens is 294 g/mol. The van der Waals surface area contributed by atoms with Crippen LogP contribution in [0.1, 0.15) is 15.9 Å². The van der Waals surface area contributed by atoms with E-state index in [1.54, 1.807) is 42.6 Å². The predicted octanol–water partition coefficient (Wildman–Crippen LogP) is 2.97. The van der Waals surface area contributed by atoms with Crippen molar-refractivity contribution in [1.82, 2.24) is 4.98 Å². The van der Waals surface area contributed by atoms with Gasteiger partial charge in [0, 0.05) is 16.2 Å². The van der Waals surface area contributed by atoms with Gasteiger partial charge in [0.15, 0.2) is 0 Å². The monoisotopic (exact) mass is 301 g/mol. The lowest BCUT2D eigenvalue weighted by Gasteiger charge is -2.04. The summed E-state index contributed by atoms with van der Waals surface area (Å²) in [6.07, 6.45) is 1.61. The number of pyridine rings is 1. The molecule has 0 saturated carbocycles. The number of amides is 1. The first kappa shape index (κ1) is 12.3. The summed E-state index contributed by atoms with van der Waals surface area (Å²) in [5.41, 5.74) is 1.01. The van der Waals surface area contributed by atoms with Gasteiger partial charge in [-0.2, -0.15) is 5.26 Å². The highest BCUT2D eigenvalue weighted by Crippen LogP contribution is 2.12. The molecule has 0 bridgehead atoms. The van der Waals surface area contributed by atoms with Gasteiger partial charge in [0.25, 0.3) is 5.91 Å². The van der Waals surface area contributed by atoms with Crippen molar-refractivity contribution in [2.24, 2.45) is 0 Å². The Bertz CT molecular complexity index is 600. The number of nitriles is 1. The average molecular weight is 302 g/mol. The molecule has 1 amide bonds. The van der Waals surface area contributed by atoms with Gasteiger partial charge in [-0.25, -0.2) is 4.98 Å². The number of rotatable bonds is 2. The van der Waals surface area contributed by atoms with Crippen molar-refractivity contribution in [3.05, 3.63) is 58.2 Å². The van der Waals surface area contributed by atoms with Crippen LogP contribution in [-0.4, -0.2) is 10.9 Å². The third-order valence-electron chi connectivity index (χ3n) is 2.25. The lowest BCUT2D eigenvalue weighted by Crippen LogP contribution is -2.12. The van der Waals surface area contributed by atoms with Crippen molar-refractivity contribution in [3.63, 3.8) is 0 Å². The van der Waals surface area contributed by atoms with Gasteiger partial charge in [-0.3, -0.25) is 4.79 Å². The van der Waals surface area contributed by atoms with Gasteiger partial charge in [0.05, 0.1) is 11.6 Å². The molecule has 0 atom stereocenters. The molecule has 1 aromatic carbocycles. The van der Waals surface area contributed by atoms with Gasteiger partial charge in [-0.05, 0) is 52.3 Å². The Morgan fingerprint density at radius 2 is 1.94 bits per heavy atom. The molecule has 2 aromatic rings. The second-order valence-electron chi connectivity index (χ2n) is 3.50. The molecule has 0 spiro atoms. The highest BCUT2D eigenvalue weighted by Gasteiger charge is 2.06. The van der Waals surface area contributed by atoms with E-state index >= 15 is 0 Å². The largest absolute Gasteiger partial charge is 0.307 e. The van der Waals surface area contributed by atoms with Crippen LogP contribution < -0.4 is 5.32 Å². The number of aromatic nitrogens is 1. The minimum absolute atomic E-state index is 0.255. The van der Waals surface area contributed by atoms with Crippen LogP contribution in [0.3, 0.4) is 0 Å². The molecule has 0 fully saturated rings. The molecule has 18 heavy (non-hydrogen) atoms. The Morgan fingerprint density at radius 1 is 1.22 bits per heavy atom. The topological polar surface area (TPSA) is 65.8 Å². The van der Waals surface area contributed by atoms with Gasteiger partial charge >= 0.3 is 0 Å². The van der Waals surface area contributed by atoms with Crippen LogP contribution in [0.15, 0.2) is 47.1 Å². The Hall–Kier alpha value is -2.19. The van der Waals surface area contributed by atoms with E-state index in [0.29, 0.717) is 16.9 Å². The summed E-state index contributed by atoms with van der Waals surface area (Å²) in [4.78, 5) is 15.9. The molecule has 4 nitrogen and oxygen atoms in total. The van der Waals surface area contributed by atoms with Gasteiger partial charge < -0.3 is 5.32 Å². The molecule has 0 saturated heterocycles. The average Bonchev–Trinajstić information content (AvgIpc) is 2.41. The molecule has 5 heteroatoms. The first-order chi connectivity index (χ1) is 8.69. The van der Waals surface area contributed by atoms with E-state index in [1.807, 2.05) is 6.07 Å². The summed E-state index contributed by atoms with van der Waals surface area (Å²) in [5, 5.41) is 11.3. The molecule has 0 aliphatic rings. The lowest BCUT2D eigenvalue weighted by atomic mass is 10.1. The standard InChI is InChI=1S/C13H8BrN3O/c14-11-5-6-12(16-8-11)17-13(18)10-3-1-9(7-15)2-4-10/h1-6,8H,(H,16,17,18). The minimum Gasteiger partial charge on any atom is -0.307 e. The highest BCUT2D eigenvalue weighted by atomic mass is 79.9. The molecule has 0 aliphatic heterocycles. The zero-order chi connectivity index (χ0) is 13.0. The van der Waals surface area contributed by atoms with E-state index in [2.05, 4.69) is 26.2 Å². The maximum Gasteiger partial charge on any atom is 0.256 e. The number of benzene rings is 1. The van der Waals surface area contributed by atoms with Crippen LogP contribution in [0.2, 0.25) is 0 Å². The number of halogens is 1. The fraction of sp³-hybridized carbons (Fsp3) is 0. The third kappa shape index (κ3) is 2.93. The van der Waals surface area contributed by atoms with E-state index in [-0.39, 0.29) is 5.91 Å². The highest BCUT2D eigenvalue weighted by molar-refractivity contribution is 9.10. The van der Waals surface area contributed by atoms with Gasteiger partial charge in [0.2, 0.25) is 0 Å². The number of nitrogens with one attached hydrogen (secondary N) is 1. The molecule has 1 N–H and O–H groups in total. The minimum atomic E-state index is -0.255. The number of anilines is 1. The third-order valence-corrected chi connectivity index (χ3v) is 2.71. The summed E-state index contributed by atoms with van der Waals surface area (Å²) in [5.74, 6) is 0.224. The Labute approximate surface area is 112 Å². The van der Waals surface area contributed by atoms with E-state index in [0.717, 1.165) is 4.47 Å². The van der Waals surface area contributed by atoms with Gasteiger partial charge in [-0.1, -0.05) is 0 Å². The van der Waals surface area contributed by atoms with Crippen molar-refractivity contribution in [2.75, 3.05) is 5.32 Å². The van der Waals surface area contributed by atoms with Gasteiger partial charge in [0.1, 0.15) is 5.82 Å². The molecule has 88 valence electrons. The summed E-state index contributed by atoms with van der Waals surface area (Å²) < 4.78 is 0.846. The Balaban J connectivity index is 2.12. The van der Waals surface area contributed by atoms with E-state index in [9.17, 15) is 4.79 Å². The summed E-state index contributed by atoms with van der Waals surface area (Å²) in [7, 11) is 0. The SMILES string of the molecule is N#Cc1ccc(C(=O)Nc2ccc(Br)cn2)cc1. The van der Waals surface area contributed by atoms with Crippen LogP contribution in [0.25, 0.3) is 0 Å². The van der Waals surface area contributed by atoms with Crippen LogP contribution in [0.5, 0.6) is 0 Å². The van der Waals surface area contributed by atoms with Gasteiger partial charge in [-0.15, -0.1) is 0 Å². The van der Waals surface area contributed by atoms with Crippen LogP contribution in [0, 0.1) is 11.3 Å². The van der Waals surface area contributed by atoms with Crippen molar-refractivity contribution in [2.45, 2.75) is 0 Å². The predicted molar refractivity (Wildman–Crippen MR) is 71.0 cm³/mol. The maximum absolute atomic E-state index is 11.9. The smallest absolute Gasteiger partial charge is 0.256 e. The zero-order valence-corrected chi connectivity index (χ0v) is 10.8. The fourth-order valence-electron chi connectivity index (χ4n) is 1.33. The molecular formula is C13H8BrN3O. The second-order valence-corrected chi connectivity index (χ2v) is 4.42. The number of carbonyl (C=O) groups excluding carboxylic acids is 1. The number of carbonyl (C=O) groups is 1. The maximum atomic E-state index is 11.9. The Morgan fingerprint density at radius 3 is 2.50 bits per heavy atom. The number of nitrogens with zero attached hydrogens (tertiary/aromatic N) is 2.